The molecule has 1 aliphatic carbocycles. The highest BCUT2D eigenvalue weighted by atomic mass is 32.2. The first kappa shape index (κ1) is 19.2. The third kappa shape index (κ3) is 3.89. The van der Waals surface area contributed by atoms with Crippen LogP contribution in [0.1, 0.15) is 44.6 Å². The van der Waals surface area contributed by atoms with Gasteiger partial charge in [0.1, 0.15) is 0 Å². The van der Waals surface area contributed by atoms with Gasteiger partial charge in [0.2, 0.25) is 0 Å². The number of hydrogen-bond donors (Lipinski definition) is 0. The number of nitriles is 1. The van der Waals surface area contributed by atoms with Gasteiger partial charge in [0.05, 0.1) is 16.2 Å². The monoisotopic (exact) mass is 386 g/mol. The van der Waals surface area contributed by atoms with Gasteiger partial charge in [0.25, 0.3) is 0 Å². The Hall–Kier alpha value is -1.58. The van der Waals surface area contributed by atoms with Gasteiger partial charge in [-0.3, -0.25) is 4.57 Å². The van der Waals surface area contributed by atoms with Crippen LogP contribution >= 0.6 is 23.1 Å². The maximum Gasteiger partial charge on any atom is 0.193 e. The molecule has 0 saturated carbocycles. The lowest BCUT2D eigenvalue weighted by molar-refractivity contribution is 0.217. The van der Waals surface area contributed by atoms with Crippen LogP contribution in [0.2, 0.25) is 0 Å². The summed E-state index contributed by atoms with van der Waals surface area (Å²) in [7, 11) is 0. The van der Waals surface area contributed by atoms with E-state index in [2.05, 4.69) is 54.3 Å². The second-order valence-corrected chi connectivity index (χ2v) is 10.4. The molecule has 3 rings (SSSR count). The van der Waals surface area contributed by atoms with Crippen molar-refractivity contribution in [2.24, 2.45) is 11.3 Å². The van der Waals surface area contributed by atoms with Gasteiger partial charge in [-0.05, 0) is 49.1 Å². The largest absolute Gasteiger partial charge is 0.297 e. The molecule has 2 heterocycles. The second kappa shape index (κ2) is 7.58. The maximum atomic E-state index is 9.10. The SMILES string of the molecule is C=CCn1c(S[C@H](C)C#N)nnc1-c1cc2c(s1)CC[C@@H](C(C)(C)C)C2. The molecular weight excluding hydrogens is 360 g/mol. The summed E-state index contributed by atoms with van der Waals surface area (Å²) in [5, 5.41) is 18.5. The molecule has 0 fully saturated rings. The van der Waals surface area contributed by atoms with Crippen LogP contribution < -0.4 is 0 Å². The summed E-state index contributed by atoms with van der Waals surface area (Å²) in [5.74, 6) is 1.62. The van der Waals surface area contributed by atoms with Crippen LogP contribution in [0.4, 0.5) is 0 Å². The van der Waals surface area contributed by atoms with Crippen LogP contribution in [0.5, 0.6) is 0 Å². The summed E-state index contributed by atoms with van der Waals surface area (Å²) in [6, 6.07) is 4.56. The van der Waals surface area contributed by atoms with Gasteiger partial charge in [-0.25, -0.2) is 0 Å². The number of fused-ring (bicyclic) bond motifs is 1. The minimum absolute atomic E-state index is 0.153. The zero-order valence-corrected chi connectivity index (χ0v) is 17.6. The Kier molecular flexibility index (Phi) is 5.59. The van der Waals surface area contributed by atoms with Crippen molar-refractivity contribution < 1.29 is 0 Å². The number of thiophene rings is 1. The van der Waals surface area contributed by atoms with Gasteiger partial charge >= 0.3 is 0 Å². The molecule has 2 atom stereocenters. The minimum atomic E-state index is -0.153. The molecule has 6 heteroatoms. The molecule has 0 N–H and O–H groups in total. The van der Waals surface area contributed by atoms with E-state index in [4.69, 9.17) is 5.26 Å². The zero-order chi connectivity index (χ0) is 18.9. The van der Waals surface area contributed by atoms with Crippen LogP contribution in [0, 0.1) is 22.7 Å². The molecule has 0 radical (unpaired) electrons. The molecule has 0 aliphatic heterocycles. The molecular formula is C20H26N4S2. The molecule has 0 unspecified atom stereocenters. The third-order valence-electron chi connectivity index (χ3n) is 5.02. The molecule has 4 nitrogen and oxygen atoms in total. The number of aryl methyl sites for hydroxylation is 1. The summed E-state index contributed by atoms with van der Waals surface area (Å²) in [6.45, 7) is 13.4. The van der Waals surface area contributed by atoms with E-state index >= 15 is 0 Å². The van der Waals surface area contributed by atoms with E-state index in [1.807, 2.05) is 24.3 Å². The van der Waals surface area contributed by atoms with E-state index < -0.39 is 0 Å². The smallest absolute Gasteiger partial charge is 0.193 e. The Morgan fingerprint density at radius 3 is 2.92 bits per heavy atom. The van der Waals surface area contributed by atoms with E-state index in [0.717, 1.165) is 29.7 Å². The van der Waals surface area contributed by atoms with Crippen LogP contribution in [0.25, 0.3) is 10.7 Å². The Morgan fingerprint density at radius 2 is 2.27 bits per heavy atom. The summed E-state index contributed by atoms with van der Waals surface area (Å²) < 4.78 is 2.07. The van der Waals surface area contributed by atoms with Crippen molar-refractivity contribution in [3.8, 4) is 16.8 Å². The zero-order valence-electron chi connectivity index (χ0n) is 16.0. The van der Waals surface area contributed by atoms with Gasteiger partial charge in [0, 0.05) is 11.4 Å². The van der Waals surface area contributed by atoms with Crippen molar-refractivity contribution >= 4 is 23.1 Å². The summed E-state index contributed by atoms with van der Waals surface area (Å²) in [6.07, 6.45) is 5.43. The number of rotatable bonds is 5. The fourth-order valence-electron chi connectivity index (χ4n) is 3.41. The van der Waals surface area contributed by atoms with Gasteiger partial charge in [0.15, 0.2) is 11.0 Å². The average molecular weight is 387 g/mol. The third-order valence-corrected chi connectivity index (χ3v) is 7.23. The fourth-order valence-corrected chi connectivity index (χ4v) is 5.36. The molecule has 0 saturated heterocycles. The Balaban J connectivity index is 1.92. The second-order valence-electron chi connectivity index (χ2n) is 7.96. The van der Waals surface area contributed by atoms with Crippen molar-refractivity contribution in [3.63, 3.8) is 0 Å². The van der Waals surface area contributed by atoms with Crippen molar-refractivity contribution in [2.75, 3.05) is 0 Å². The number of thioether (sulfide) groups is 1. The highest BCUT2D eigenvalue weighted by molar-refractivity contribution is 8.00. The molecule has 138 valence electrons. The highest BCUT2D eigenvalue weighted by Crippen LogP contribution is 2.42. The molecule has 2 aromatic rings. The van der Waals surface area contributed by atoms with Gasteiger partial charge in [-0.1, -0.05) is 38.6 Å². The van der Waals surface area contributed by atoms with E-state index in [-0.39, 0.29) is 5.25 Å². The Morgan fingerprint density at radius 1 is 1.50 bits per heavy atom. The number of aromatic nitrogens is 3. The molecule has 0 spiro atoms. The van der Waals surface area contributed by atoms with E-state index in [0.29, 0.717) is 12.0 Å². The molecule has 2 aromatic heterocycles. The van der Waals surface area contributed by atoms with Crippen molar-refractivity contribution in [2.45, 2.75) is 63.9 Å². The number of allylic oxidation sites excluding steroid dienone is 1. The summed E-state index contributed by atoms with van der Waals surface area (Å²) in [5.41, 5.74) is 1.82. The fraction of sp³-hybridized carbons (Fsp3) is 0.550. The van der Waals surface area contributed by atoms with Gasteiger partial charge < -0.3 is 0 Å². The summed E-state index contributed by atoms with van der Waals surface area (Å²) in [4.78, 5) is 2.67. The lowest BCUT2D eigenvalue weighted by atomic mass is 9.72. The van der Waals surface area contributed by atoms with Crippen molar-refractivity contribution in [3.05, 3.63) is 29.2 Å². The number of hydrogen-bond acceptors (Lipinski definition) is 5. The quantitative estimate of drug-likeness (QED) is 0.513. The minimum Gasteiger partial charge on any atom is -0.297 e. The average Bonchev–Trinajstić information content (AvgIpc) is 3.17. The molecule has 26 heavy (non-hydrogen) atoms. The van der Waals surface area contributed by atoms with Crippen molar-refractivity contribution in [1.82, 2.24) is 14.8 Å². The maximum absolute atomic E-state index is 9.10. The molecule has 0 aromatic carbocycles. The number of nitrogens with zero attached hydrogens (tertiary/aromatic N) is 4. The van der Waals surface area contributed by atoms with Crippen LogP contribution in [-0.4, -0.2) is 20.0 Å². The van der Waals surface area contributed by atoms with Crippen LogP contribution in [0.3, 0.4) is 0 Å². The van der Waals surface area contributed by atoms with E-state index in [1.54, 1.807) is 0 Å². The molecule has 0 amide bonds. The lowest BCUT2D eigenvalue weighted by Crippen LogP contribution is -2.26. The predicted octanol–water partition coefficient (Wildman–Crippen LogP) is 5.35. The Bertz CT molecular complexity index is 835. The van der Waals surface area contributed by atoms with Crippen molar-refractivity contribution in [1.29, 1.82) is 5.26 Å². The van der Waals surface area contributed by atoms with E-state index in [9.17, 15) is 0 Å². The highest BCUT2D eigenvalue weighted by Gasteiger charge is 2.30. The lowest BCUT2D eigenvalue weighted by Gasteiger charge is -2.33. The van der Waals surface area contributed by atoms with Crippen LogP contribution in [-0.2, 0) is 19.4 Å². The van der Waals surface area contributed by atoms with Crippen LogP contribution in [0.15, 0.2) is 23.9 Å². The summed E-state index contributed by atoms with van der Waals surface area (Å²) >= 11 is 3.30. The van der Waals surface area contributed by atoms with Gasteiger partial charge in [-0.2, -0.15) is 5.26 Å². The predicted molar refractivity (Wildman–Crippen MR) is 109 cm³/mol. The first-order valence-corrected chi connectivity index (χ1v) is 10.8. The first-order valence-electron chi connectivity index (χ1n) is 9.05. The molecule has 1 aliphatic rings. The Labute approximate surface area is 164 Å². The standard InChI is InChI=1S/C20H26N4S2/c1-6-9-24-18(22-23-19(24)25-13(2)12-21)17-11-14-10-15(20(3,4)5)7-8-16(14)26-17/h6,11,13,15H,1,7-10H2,2-5H3/t13-,15-/m1/s1. The van der Waals surface area contributed by atoms with Gasteiger partial charge in [-0.15, -0.1) is 28.1 Å². The van der Waals surface area contributed by atoms with E-state index in [1.165, 1.54) is 33.5 Å². The topological polar surface area (TPSA) is 54.5 Å². The molecule has 0 bridgehead atoms. The normalized spacial score (nSPS) is 18.2. The first-order chi connectivity index (χ1) is 12.3.